The predicted octanol–water partition coefficient (Wildman–Crippen LogP) is 1.47. The van der Waals surface area contributed by atoms with Gasteiger partial charge in [-0.15, -0.1) is 0 Å². The molecule has 12 heavy (non-hydrogen) atoms. The Morgan fingerprint density at radius 3 is 2.58 bits per heavy atom. The molecule has 0 bridgehead atoms. The van der Waals surface area contributed by atoms with Crippen LogP contribution in [0.1, 0.15) is 25.7 Å². The van der Waals surface area contributed by atoms with Gasteiger partial charge in [-0.1, -0.05) is 11.6 Å². The number of carboxylic acid groups (broad SMARTS) is 1. The van der Waals surface area contributed by atoms with E-state index in [9.17, 15) is 4.79 Å². The third-order valence-electron chi connectivity index (χ3n) is 2.08. The summed E-state index contributed by atoms with van der Waals surface area (Å²) >= 11 is 5.86. The van der Waals surface area contributed by atoms with Crippen molar-refractivity contribution in [1.29, 1.82) is 0 Å². The molecule has 1 unspecified atom stereocenters. The Bertz CT molecular complexity index is 225. The summed E-state index contributed by atoms with van der Waals surface area (Å²) in [5, 5.41) is 9.28. The highest BCUT2D eigenvalue weighted by atomic mass is 35.5. The molecule has 1 rings (SSSR count). The fourth-order valence-electron chi connectivity index (χ4n) is 1.37. The van der Waals surface area contributed by atoms with Gasteiger partial charge in [-0.3, -0.25) is 4.79 Å². The second-order valence-electron chi connectivity index (χ2n) is 2.95. The largest absolute Gasteiger partial charge is 0.480 e. The van der Waals surface area contributed by atoms with Gasteiger partial charge in [0.1, 0.15) is 6.04 Å². The second kappa shape index (κ2) is 3.92. The maximum atomic E-state index is 10.5. The molecule has 0 aliphatic heterocycles. The van der Waals surface area contributed by atoms with Gasteiger partial charge in [0.15, 0.2) is 0 Å². The van der Waals surface area contributed by atoms with Crippen molar-refractivity contribution in [1.82, 2.24) is 0 Å². The molecule has 0 aromatic heterocycles. The van der Waals surface area contributed by atoms with Crippen molar-refractivity contribution in [3.8, 4) is 0 Å². The Morgan fingerprint density at radius 2 is 2.08 bits per heavy atom. The maximum Gasteiger partial charge on any atom is 0.324 e. The van der Waals surface area contributed by atoms with Crippen LogP contribution in [0.25, 0.3) is 0 Å². The first-order chi connectivity index (χ1) is 5.63. The number of hydrogen-bond donors (Lipinski definition) is 2. The van der Waals surface area contributed by atoms with Gasteiger partial charge < -0.3 is 10.8 Å². The molecule has 0 spiro atoms. The average molecular weight is 190 g/mol. The van der Waals surface area contributed by atoms with Crippen LogP contribution in [0.4, 0.5) is 0 Å². The fourth-order valence-corrected chi connectivity index (χ4v) is 1.71. The zero-order valence-corrected chi connectivity index (χ0v) is 7.47. The Labute approximate surface area is 76.2 Å². The highest BCUT2D eigenvalue weighted by Gasteiger charge is 2.22. The lowest BCUT2D eigenvalue weighted by Gasteiger charge is -2.18. The molecule has 1 aliphatic carbocycles. The Hall–Kier alpha value is -0.540. The molecular weight excluding hydrogens is 178 g/mol. The standard InChI is InChI=1S/C8H12ClNO2/c9-6-4-2-1-3-5(6)7(10)8(11)12/h7H,1-4,10H2,(H,11,12). The van der Waals surface area contributed by atoms with Crippen LogP contribution in [-0.2, 0) is 4.79 Å². The van der Waals surface area contributed by atoms with Gasteiger partial charge in [0.2, 0.25) is 0 Å². The second-order valence-corrected chi connectivity index (χ2v) is 3.41. The number of allylic oxidation sites excluding steroid dienone is 1. The monoisotopic (exact) mass is 189 g/mol. The van der Waals surface area contributed by atoms with Gasteiger partial charge >= 0.3 is 5.97 Å². The van der Waals surface area contributed by atoms with E-state index in [1.807, 2.05) is 0 Å². The van der Waals surface area contributed by atoms with Crippen LogP contribution in [0.3, 0.4) is 0 Å². The van der Waals surface area contributed by atoms with E-state index in [4.69, 9.17) is 22.4 Å². The maximum absolute atomic E-state index is 10.5. The molecule has 1 atom stereocenters. The number of carboxylic acids is 1. The van der Waals surface area contributed by atoms with Gasteiger partial charge in [-0.25, -0.2) is 0 Å². The van der Waals surface area contributed by atoms with Gasteiger partial charge in [-0.05, 0) is 31.3 Å². The van der Waals surface area contributed by atoms with Crippen molar-refractivity contribution >= 4 is 17.6 Å². The Balaban J connectivity index is 2.77. The number of nitrogens with two attached hydrogens (primary N) is 1. The van der Waals surface area contributed by atoms with E-state index < -0.39 is 12.0 Å². The lowest BCUT2D eigenvalue weighted by Crippen LogP contribution is -2.33. The third kappa shape index (κ3) is 1.99. The van der Waals surface area contributed by atoms with Crippen molar-refractivity contribution < 1.29 is 9.90 Å². The summed E-state index contributed by atoms with van der Waals surface area (Å²) in [7, 11) is 0. The van der Waals surface area contributed by atoms with E-state index in [2.05, 4.69) is 0 Å². The molecule has 0 saturated heterocycles. The van der Waals surface area contributed by atoms with E-state index in [0.717, 1.165) is 25.7 Å². The first-order valence-corrected chi connectivity index (χ1v) is 4.36. The lowest BCUT2D eigenvalue weighted by molar-refractivity contribution is -0.137. The van der Waals surface area contributed by atoms with Gasteiger partial charge in [0.25, 0.3) is 0 Å². The number of rotatable bonds is 2. The predicted molar refractivity (Wildman–Crippen MR) is 47.0 cm³/mol. The molecule has 0 heterocycles. The van der Waals surface area contributed by atoms with Crippen molar-refractivity contribution in [2.24, 2.45) is 5.73 Å². The minimum atomic E-state index is -0.995. The van der Waals surface area contributed by atoms with E-state index >= 15 is 0 Å². The first-order valence-electron chi connectivity index (χ1n) is 3.98. The summed E-state index contributed by atoms with van der Waals surface area (Å²) in [6, 6.07) is -0.905. The molecule has 0 amide bonds. The smallest absolute Gasteiger partial charge is 0.324 e. The molecule has 1 aliphatic rings. The Kier molecular flexibility index (Phi) is 3.12. The number of aliphatic carboxylic acids is 1. The normalized spacial score (nSPS) is 20.8. The molecule has 3 nitrogen and oxygen atoms in total. The van der Waals surface area contributed by atoms with Crippen molar-refractivity contribution in [2.75, 3.05) is 0 Å². The summed E-state index contributed by atoms with van der Waals surface area (Å²) in [6.07, 6.45) is 3.53. The van der Waals surface area contributed by atoms with Crippen LogP contribution >= 0.6 is 11.6 Å². The highest BCUT2D eigenvalue weighted by Crippen LogP contribution is 2.28. The molecule has 0 radical (unpaired) electrons. The molecule has 68 valence electrons. The highest BCUT2D eigenvalue weighted by molar-refractivity contribution is 6.30. The van der Waals surface area contributed by atoms with Crippen LogP contribution in [0.15, 0.2) is 10.6 Å². The van der Waals surface area contributed by atoms with E-state index in [1.54, 1.807) is 0 Å². The van der Waals surface area contributed by atoms with Crippen LogP contribution in [0.2, 0.25) is 0 Å². The van der Waals surface area contributed by atoms with Gasteiger partial charge in [0, 0.05) is 5.03 Å². The zero-order chi connectivity index (χ0) is 9.14. The number of hydrogen-bond acceptors (Lipinski definition) is 2. The summed E-state index contributed by atoms with van der Waals surface area (Å²) in [6.45, 7) is 0. The number of halogens is 1. The fraction of sp³-hybridized carbons (Fsp3) is 0.625. The van der Waals surface area contributed by atoms with E-state index in [1.165, 1.54) is 0 Å². The summed E-state index contributed by atoms with van der Waals surface area (Å²) in [4.78, 5) is 10.5. The minimum Gasteiger partial charge on any atom is -0.480 e. The van der Waals surface area contributed by atoms with E-state index in [-0.39, 0.29) is 0 Å². The van der Waals surface area contributed by atoms with E-state index in [0.29, 0.717) is 10.6 Å². The molecule has 3 N–H and O–H groups in total. The Morgan fingerprint density at radius 1 is 1.50 bits per heavy atom. The SMILES string of the molecule is NC(C(=O)O)C1=C(Cl)CCCC1. The first kappa shape index (κ1) is 9.55. The lowest BCUT2D eigenvalue weighted by atomic mass is 9.94. The van der Waals surface area contributed by atoms with Crippen LogP contribution in [0, 0.1) is 0 Å². The average Bonchev–Trinajstić information content (AvgIpc) is 2.04. The molecule has 0 aromatic carbocycles. The van der Waals surface area contributed by atoms with Crippen LogP contribution < -0.4 is 5.73 Å². The van der Waals surface area contributed by atoms with Gasteiger partial charge in [-0.2, -0.15) is 0 Å². The topological polar surface area (TPSA) is 63.3 Å². The molecular formula is C8H12ClNO2. The van der Waals surface area contributed by atoms with Crippen LogP contribution in [-0.4, -0.2) is 17.1 Å². The van der Waals surface area contributed by atoms with Crippen molar-refractivity contribution in [3.05, 3.63) is 10.6 Å². The summed E-state index contributed by atoms with van der Waals surface area (Å²) in [5.41, 5.74) is 6.14. The number of carbonyl (C=O) groups is 1. The summed E-state index contributed by atoms with van der Waals surface area (Å²) in [5.74, 6) is -0.995. The van der Waals surface area contributed by atoms with Crippen molar-refractivity contribution in [3.63, 3.8) is 0 Å². The summed E-state index contributed by atoms with van der Waals surface area (Å²) < 4.78 is 0. The molecule has 0 saturated carbocycles. The molecule has 0 aromatic rings. The quantitative estimate of drug-likeness (QED) is 0.692. The minimum absolute atomic E-state index is 0.649. The van der Waals surface area contributed by atoms with Crippen molar-refractivity contribution in [2.45, 2.75) is 31.7 Å². The van der Waals surface area contributed by atoms with Crippen LogP contribution in [0.5, 0.6) is 0 Å². The zero-order valence-electron chi connectivity index (χ0n) is 6.72. The van der Waals surface area contributed by atoms with Gasteiger partial charge in [0.05, 0.1) is 0 Å². The molecule has 0 fully saturated rings. The third-order valence-corrected chi connectivity index (χ3v) is 2.51. The molecule has 4 heteroatoms.